The zero-order valence-electron chi connectivity index (χ0n) is 13.6. The van der Waals surface area contributed by atoms with E-state index in [4.69, 9.17) is 9.47 Å². The number of nitrogens with one attached hydrogen (secondary N) is 1. The van der Waals surface area contributed by atoms with Gasteiger partial charge in [-0.15, -0.1) is 0 Å². The van der Waals surface area contributed by atoms with Crippen molar-refractivity contribution in [1.82, 2.24) is 10.2 Å². The van der Waals surface area contributed by atoms with Crippen molar-refractivity contribution in [2.24, 2.45) is 0 Å². The van der Waals surface area contributed by atoms with Crippen molar-refractivity contribution in [2.45, 2.75) is 32.7 Å². The Kier molecular flexibility index (Phi) is 4.23. The minimum Gasteiger partial charge on any atom is -0.493 e. The molecule has 0 saturated carbocycles. The van der Waals surface area contributed by atoms with E-state index in [1.807, 2.05) is 32.2 Å². The van der Waals surface area contributed by atoms with E-state index < -0.39 is 0 Å². The van der Waals surface area contributed by atoms with Crippen LogP contribution in [0.1, 0.15) is 25.8 Å². The molecule has 0 saturated heterocycles. The number of hydrogen-bond acceptors (Lipinski definition) is 4. The predicted octanol–water partition coefficient (Wildman–Crippen LogP) is 3.38. The highest BCUT2D eigenvalue weighted by Crippen LogP contribution is 2.42. The SMILES string of the molecule is CCOc1c(-c2cn[nH]c2)ccc2c1CCC(C)N2C(=O)OC. The van der Waals surface area contributed by atoms with Crippen molar-refractivity contribution in [1.29, 1.82) is 0 Å². The number of anilines is 1. The van der Waals surface area contributed by atoms with Crippen molar-refractivity contribution in [3.8, 4) is 16.9 Å². The van der Waals surface area contributed by atoms with Gasteiger partial charge in [0.25, 0.3) is 0 Å². The van der Waals surface area contributed by atoms with Crippen LogP contribution in [0.3, 0.4) is 0 Å². The van der Waals surface area contributed by atoms with Gasteiger partial charge in [0.2, 0.25) is 0 Å². The Morgan fingerprint density at radius 2 is 2.30 bits per heavy atom. The maximum atomic E-state index is 12.2. The van der Waals surface area contributed by atoms with Gasteiger partial charge in [0, 0.05) is 28.9 Å². The number of aromatic amines is 1. The maximum Gasteiger partial charge on any atom is 0.414 e. The summed E-state index contributed by atoms with van der Waals surface area (Å²) >= 11 is 0. The minimum absolute atomic E-state index is 0.101. The highest BCUT2D eigenvalue weighted by molar-refractivity contribution is 5.92. The van der Waals surface area contributed by atoms with E-state index >= 15 is 0 Å². The van der Waals surface area contributed by atoms with Gasteiger partial charge in [0.1, 0.15) is 5.75 Å². The van der Waals surface area contributed by atoms with E-state index in [1.165, 1.54) is 7.11 Å². The fraction of sp³-hybridized carbons (Fsp3) is 0.412. The summed E-state index contributed by atoms with van der Waals surface area (Å²) in [5.41, 5.74) is 3.87. The van der Waals surface area contributed by atoms with Crippen molar-refractivity contribution >= 4 is 11.8 Å². The van der Waals surface area contributed by atoms with Gasteiger partial charge in [-0.25, -0.2) is 4.79 Å². The molecule has 2 aromatic rings. The number of methoxy groups -OCH3 is 1. The molecule has 6 heteroatoms. The Labute approximate surface area is 135 Å². The van der Waals surface area contributed by atoms with Crippen LogP contribution in [0.4, 0.5) is 10.5 Å². The number of carbonyl (C=O) groups excluding carboxylic acids is 1. The quantitative estimate of drug-likeness (QED) is 0.943. The normalized spacial score (nSPS) is 16.8. The first-order valence-corrected chi connectivity index (χ1v) is 7.82. The van der Waals surface area contributed by atoms with Gasteiger partial charge in [-0.1, -0.05) is 0 Å². The van der Waals surface area contributed by atoms with Crippen molar-refractivity contribution in [2.75, 3.05) is 18.6 Å². The summed E-state index contributed by atoms with van der Waals surface area (Å²) in [5.74, 6) is 0.826. The molecule has 0 fully saturated rings. The summed E-state index contributed by atoms with van der Waals surface area (Å²) in [4.78, 5) is 13.9. The number of carbonyl (C=O) groups is 1. The molecule has 122 valence electrons. The van der Waals surface area contributed by atoms with Crippen LogP contribution in [0, 0.1) is 0 Å². The molecule has 3 rings (SSSR count). The molecule has 0 aliphatic carbocycles. The molecule has 0 bridgehead atoms. The molecule has 1 aliphatic heterocycles. The molecule has 1 atom stereocenters. The monoisotopic (exact) mass is 315 g/mol. The van der Waals surface area contributed by atoms with E-state index in [-0.39, 0.29) is 12.1 Å². The third-order valence-electron chi connectivity index (χ3n) is 4.22. The molecule has 1 aromatic heterocycles. The Morgan fingerprint density at radius 3 is 2.96 bits per heavy atom. The Morgan fingerprint density at radius 1 is 1.48 bits per heavy atom. The van der Waals surface area contributed by atoms with Gasteiger partial charge >= 0.3 is 6.09 Å². The standard InChI is InChI=1S/C17H21N3O3/c1-4-23-16-13(12-9-18-19-10-12)7-8-15-14(16)6-5-11(2)20(15)17(21)22-3/h7-11H,4-6H2,1-3H3,(H,18,19). The molecule has 0 spiro atoms. The molecule has 1 aromatic carbocycles. The second-order valence-corrected chi connectivity index (χ2v) is 5.59. The minimum atomic E-state index is -0.336. The van der Waals surface area contributed by atoms with E-state index in [1.54, 1.807) is 11.1 Å². The molecule has 1 N–H and O–H groups in total. The van der Waals surface area contributed by atoms with Gasteiger partial charge in [0.05, 0.1) is 25.6 Å². The smallest absolute Gasteiger partial charge is 0.414 e. The van der Waals surface area contributed by atoms with Crippen molar-refractivity contribution in [3.05, 3.63) is 30.1 Å². The van der Waals surface area contributed by atoms with E-state index in [0.717, 1.165) is 41.0 Å². The first-order valence-electron chi connectivity index (χ1n) is 7.82. The highest BCUT2D eigenvalue weighted by atomic mass is 16.5. The number of hydrogen-bond donors (Lipinski definition) is 1. The number of aromatic nitrogens is 2. The first-order chi connectivity index (χ1) is 11.2. The number of fused-ring (bicyclic) bond motifs is 1. The number of nitrogens with zero attached hydrogens (tertiary/aromatic N) is 2. The lowest BCUT2D eigenvalue weighted by Gasteiger charge is -2.35. The maximum absolute atomic E-state index is 12.2. The summed E-state index contributed by atoms with van der Waals surface area (Å²) in [5, 5.41) is 6.85. The summed E-state index contributed by atoms with van der Waals surface area (Å²) in [6.07, 6.45) is 5.01. The highest BCUT2D eigenvalue weighted by Gasteiger charge is 2.32. The predicted molar refractivity (Wildman–Crippen MR) is 87.9 cm³/mol. The summed E-state index contributed by atoms with van der Waals surface area (Å²) < 4.78 is 10.9. The largest absolute Gasteiger partial charge is 0.493 e. The van der Waals surface area contributed by atoms with Crippen LogP contribution in [-0.2, 0) is 11.2 Å². The molecule has 1 amide bonds. The van der Waals surface area contributed by atoms with Crippen LogP contribution >= 0.6 is 0 Å². The van der Waals surface area contributed by atoms with Gasteiger partial charge in [-0.2, -0.15) is 5.10 Å². The zero-order valence-corrected chi connectivity index (χ0v) is 13.6. The van der Waals surface area contributed by atoms with Crippen LogP contribution in [0.5, 0.6) is 5.75 Å². The third kappa shape index (κ3) is 2.65. The van der Waals surface area contributed by atoms with Crippen molar-refractivity contribution < 1.29 is 14.3 Å². The third-order valence-corrected chi connectivity index (χ3v) is 4.22. The molecule has 2 heterocycles. The van der Waals surface area contributed by atoms with Crippen LogP contribution in [0.2, 0.25) is 0 Å². The molecule has 23 heavy (non-hydrogen) atoms. The molecule has 1 unspecified atom stereocenters. The van der Waals surface area contributed by atoms with E-state index in [2.05, 4.69) is 10.2 Å². The van der Waals surface area contributed by atoms with Gasteiger partial charge < -0.3 is 9.47 Å². The Balaban J connectivity index is 2.15. The number of H-pyrrole nitrogens is 1. The second kappa shape index (κ2) is 6.32. The number of rotatable bonds is 3. The fourth-order valence-corrected chi connectivity index (χ4v) is 3.12. The van der Waals surface area contributed by atoms with Crippen LogP contribution in [0.15, 0.2) is 24.5 Å². The molecule has 1 aliphatic rings. The number of ether oxygens (including phenoxy) is 2. The van der Waals surface area contributed by atoms with Crippen LogP contribution in [-0.4, -0.2) is 36.0 Å². The average molecular weight is 315 g/mol. The lowest BCUT2D eigenvalue weighted by atomic mass is 9.92. The first kappa shape index (κ1) is 15.4. The molecular formula is C17H21N3O3. The second-order valence-electron chi connectivity index (χ2n) is 5.59. The zero-order chi connectivity index (χ0) is 16.4. The Bertz CT molecular complexity index is 697. The molecular weight excluding hydrogens is 294 g/mol. The van der Waals surface area contributed by atoms with E-state index in [9.17, 15) is 4.79 Å². The van der Waals surface area contributed by atoms with Gasteiger partial charge in [-0.05, 0) is 38.8 Å². The van der Waals surface area contributed by atoms with Crippen molar-refractivity contribution in [3.63, 3.8) is 0 Å². The summed E-state index contributed by atoms with van der Waals surface area (Å²) in [6.45, 7) is 4.56. The fourth-order valence-electron chi connectivity index (χ4n) is 3.12. The summed E-state index contributed by atoms with van der Waals surface area (Å²) in [7, 11) is 1.41. The average Bonchev–Trinajstić information content (AvgIpc) is 3.08. The lowest BCUT2D eigenvalue weighted by molar-refractivity contribution is 0.175. The number of amides is 1. The van der Waals surface area contributed by atoms with E-state index in [0.29, 0.717) is 6.61 Å². The molecule has 0 radical (unpaired) electrons. The lowest BCUT2D eigenvalue weighted by Crippen LogP contribution is -2.42. The van der Waals surface area contributed by atoms with Gasteiger partial charge in [-0.3, -0.25) is 10.00 Å². The Hall–Kier alpha value is -2.50. The summed E-state index contributed by atoms with van der Waals surface area (Å²) in [6, 6.07) is 4.04. The van der Waals surface area contributed by atoms with Gasteiger partial charge in [0.15, 0.2) is 0 Å². The topological polar surface area (TPSA) is 67.5 Å². The number of benzene rings is 1. The van der Waals surface area contributed by atoms with Crippen LogP contribution in [0.25, 0.3) is 11.1 Å². The molecule has 6 nitrogen and oxygen atoms in total. The van der Waals surface area contributed by atoms with Crippen LogP contribution < -0.4 is 9.64 Å².